The standard InChI is InChI=1S/C17H21NO3/c19-13-18-17(9-1-2-10-17)14-5-7-15(8-6-14)21-16-4-3-11-20-12-16/h5-8,16H,1-4,9-12H2. The molecule has 0 radical (unpaired) electrons. The number of carbonyl (C=O) groups excluding carboxylic acids is 1. The summed E-state index contributed by atoms with van der Waals surface area (Å²) in [6, 6.07) is 8.02. The number of rotatable bonds is 4. The van der Waals surface area contributed by atoms with Crippen LogP contribution in [0.15, 0.2) is 29.3 Å². The van der Waals surface area contributed by atoms with Crippen LogP contribution in [-0.4, -0.2) is 25.4 Å². The molecule has 1 saturated heterocycles. The molecule has 0 N–H and O–H groups in total. The van der Waals surface area contributed by atoms with Crippen molar-refractivity contribution in [3.05, 3.63) is 29.8 Å². The summed E-state index contributed by atoms with van der Waals surface area (Å²) in [6.07, 6.45) is 8.09. The quantitative estimate of drug-likeness (QED) is 0.630. The third-order valence-electron chi connectivity index (χ3n) is 4.50. The van der Waals surface area contributed by atoms with Crippen LogP contribution in [0.3, 0.4) is 0 Å². The maximum Gasteiger partial charge on any atom is 0.235 e. The molecule has 1 unspecified atom stereocenters. The number of benzene rings is 1. The van der Waals surface area contributed by atoms with Gasteiger partial charge in [0.2, 0.25) is 6.08 Å². The Hall–Kier alpha value is -1.64. The van der Waals surface area contributed by atoms with E-state index in [1.807, 2.05) is 24.3 Å². The zero-order chi connectivity index (χ0) is 14.5. The number of aliphatic imine (C=N–C) groups is 1. The van der Waals surface area contributed by atoms with Crippen molar-refractivity contribution < 1.29 is 14.3 Å². The molecule has 4 nitrogen and oxygen atoms in total. The summed E-state index contributed by atoms with van der Waals surface area (Å²) in [5.74, 6) is 0.859. The number of hydrogen-bond acceptors (Lipinski definition) is 4. The monoisotopic (exact) mass is 287 g/mol. The number of isocyanates is 1. The number of hydrogen-bond donors (Lipinski definition) is 0. The van der Waals surface area contributed by atoms with Crippen LogP contribution in [0.2, 0.25) is 0 Å². The second-order valence-corrected chi connectivity index (χ2v) is 5.92. The molecule has 2 fully saturated rings. The van der Waals surface area contributed by atoms with Crippen LogP contribution in [-0.2, 0) is 15.1 Å². The van der Waals surface area contributed by atoms with Crippen LogP contribution in [0.4, 0.5) is 0 Å². The average Bonchev–Trinajstić information content (AvgIpc) is 2.99. The Balaban J connectivity index is 1.72. The summed E-state index contributed by atoms with van der Waals surface area (Å²) in [5.41, 5.74) is 0.740. The second-order valence-electron chi connectivity index (χ2n) is 5.92. The van der Waals surface area contributed by atoms with Crippen molar-refractivity contribution in [3.8, 4) is 5.75 Å². The molecular weight excluding hydrogens is 266 g/mol. The Bertz CT molecular complexity index is 507. The third kappa shape index (κ3) is 3.17. The molecule has 2 aliphatic rings. The maximum absolute atomic E-state index is 10.7. The van der Waals surface area contributed by atoms with E-state index in [0.717, 1.165) is 56.4 Å². The summed E-state index contributed by atoms with van der Waals surface area (Å²) >= 11 is 0. The van der Waals surface area contributed by atoms with E-state index >= 15 is 0 Å². The minimum atomic E-state index is -0.353. The third-order valence-corrected chi connectivity index (χ3v) is 4.50. The van der Waals surface area contributed by atoms with E-state index in [0.29, 0.717) is 6.61 Å². The molecule has 0 aromatic heterocycles. The van der Waals surface area contributed by atoms with Gasteiger partial charge < -0.3 is 9.47 Å². The van der Waals surface area contributed by atoms with Gasteiger partial charge in [-0.3, -0.25) is 0 Å². The van der Waals surface area contributed by atoms with Gasteiger partial charge in [-0.15, -0.1) is 0 Å². The van der Waals surface area contributed by atoms with Gasteiger partial charge in [0.1, 0.15) is 11.9 Å². The van der Waals surface area contributed by atoms with Gasteiger partial charge in [-0.25, -0.2) is 4.79 Å². The van der Waals surface area contributed by atoms with Crippen LogP contribution >= 0.6 is 0 Å². The molecule has 1 aromatic carbocycles. The van der Waals surface area contributed by atoms with E-state index in [4.69, 9.17) is 9.47 Å². The van der Waals surface area contributed by atoms with E-state index in [-0.39, 0.29) is 11.6 Å². The van der Waals surface area contributed by atoms with E-state index < -0.39 is 0 Å². The first kappa shape index (κ1) is 14.3. The molecule has 0 spiro atoms. The van der Waals surface area contributed by atoms with Gasteiger partial charge in [0.05, 0.1) is 12.1 Å². The van der Waals surface area contributed by atoms with Gasteiger partial charge >= 0.3 is 0 Å². The number of nitrogens with zero attached hydrogens (tertiary/aromatic N) is 1. The minimum absolute atomic E-state index is 0.151. The first-order chi connectivity index (χ1) is 10.3. The van der Waals surface area contributed by atoms with Gasteiger partial charge in [-0.2, -0.15) is 4.99 Å². The van der Waals surface area contributed by atoms with Crippen LogP contribution in [0.1, 0.15) is 44.1 Å². The molecule has 112 valence electrons. The van der Waals surface area contributed by atoms with Crippen molar-refractivity contribution >= 4 is 6.08 Å². The molecule has 0 bridgehead atoms. The zero-order valence-corrected chi connectivity index (χ0v) is 12.2. The first-order valence-corrected chi connectivity index (χ1v) is 7.76. The maximum atomic E-state index is 10.7. The molecule has 1 aromatic rings. The smallest absolute Gasteiger partial charge is 0.235 e. The Morgan fingerprint density at radius 3 is 2.57 bits per heavy atom. The SMILES string of the molecule is O=C=NC1(c2ccc(OC3CCCOC3)cc2)CCCC1. The van der Waals surface area contributed by atoms with Gasteiger partial charge in [0, 0.05) is 6.61 Å². The highest BCUT2D eigenvalue weighted by Gasteiger charge is 2.35. The van der Waals surface area contributed by atoms with Crippen molar-refractivity contribution in [2.75, 3.05) is 13.2 Å². The van der Waals surface area contributed by atoms with Gasteiger partial charge in [-0.1, -0.05) is 25.0 Å². The molecule has 1 aliphatic heterocycles. The molecular formula is C17H21NO3. The summed E-state index contributed by atoms with van der Waals surface area (Å²) in [7, 11) is 0. The van der Waals surface area contributed by atoms with E-state index in [9.17, 15) is 4.79 Å². The zero-order valence-electron chi connectivity index (χ0n) is 12.2. The largest absolute Gasteiger partial charge is 0.488 e. The fourth-order valence-electron chi connectivity index (χ4n) is 3.35. The van der Waals surface area contributed by atoms with Crippen LogP contribution in [0.5, 0.6) is 5.75 Å². The van der Waals surface area contributed by atoms with E-state index in [1.165, 1.54) is 0 Å². The van der Waals surface area contributed by atoms with Crippen molar-refractivity contribution in [1.29, 1.82) is 0 Å². The molecule has 0 amide bonds. The summed E-state index contributed by atoms with van der Waals surface area (Å²) in [5, 5.41) is 0. The fraction of sp³-hybridized carbons (Fsp3) is 0.588. The Labute approximate surface area is 125 Å². The van der Waals surface area contributed by atoms with Gasteiger partial charge in [-0.05, 0) is 43.4 Å². The van der Waals surface area contributed by atoms with E-state index in [1.54, 1.807) is 6.08 Å². The minimum Gasteiger partial charge on any atom is -0.488 e. The highest BCUT2D eigenvalue weighted by Crippen LogP contribution is 2.42. The lowest BCUT2D eigenvalue weighted by Crippen LogP contribution is -2.28. The summed E-state index contributed by atoms with van der Waals surface area (Å²) < 4.78 is 11.4. The molecule has 1 heterocycles. The first-order valence-electron chi connectivity index (χ1n) is 7.76. The number of ether oxygens (including phenoxy) is 2. The second kappa shape index (κ2) is 6.42. The van der Waals surface area contributed by atoms with Crippen LogP contribution in [0, 0.1) is 0 Å². The normalized spacial score (nSPS) is 24.3. The summed E-state index contributed by atoms with van der Waals surface area (Å²) in [6.45, 7) is 1.51. The van der Waals surface area contributed by atoms with Crippen LogP contribution < -0.4 is 4.74 Å². The van der Waals surface area contributed by atoms with Crippen molar-refractivity contribution in [2.24, 2.45) is 4.99 Å². The molecule has 1 saturated carbocycles. The van der Waals surface area contributed by atoms with E-state index in [2.05, 4.69) is 4.99 Å². The molecule has 21 heavy (non-hydrogen) atoms. The topological polar surface area (TPSA) is 47.9 Å². The van der Waals surface area contributed by atoms with Gasteiger partial charge in [0.15, 0.2) is 0 Å². The lowest BCUT2D eigenvalue weighted by molar-refractivity contribution is 0.00742. The Morgan fingerprint density at radius 1 is 1.19 bits per heavy atom. The fourth-order valence-corrected chi connectivity index (χ4v) is 3.35. The Kier molecular flexibility index (Phi) is 4.37. The van der Waals surface area contributed by atoms with Crippen molar-refractivity contribution in [1.82, 2.24) is 0 Å². The van der Waals surface area contributed by atoms with Crippen molar-refractivity contribution in [2.45, 2.75) is 50.2 Å². The molecule has 3 rings (SSSR count). The summed E-state index contributed by atoms with van der Waals surface area (Å²) in [4.78, 5) is 14.8. The highest BCUT2D eigenvalue weighted by atomic mass is 16.5. The molecule has 1 aliphatic carbocycles. The van der Waals surface area contributed by atoms with Crippen LogP contribution in [0.25, 0.3) is 0 Å². The highest BCUT2D eigenvalue weighted by molar-refractivity contribution is 5.40. The van der Waals surface area contributed by atoms with Crippen molar-refractivity contribution in [3.63, 3.8) is 0 Å². The predicted octanol–water partition coefficient (Wildman–Crippen LogP) is 3.35. The lowest BCUT2D eigenvalue weighted by atomic mass is 9.89. The molecule has 4 heteroatoms. The molecule has 1 atom stereocenters. The predicted molar refractivity (Wildman–Crippen MR) is 79.2 cm³/mol. The Morgan fingerprint density at radius 2 is 1.95 bits per heavy atom. The van der Waals surface area contributed by atoms with Gasteiger partial charge in [0.25, 0.3) is 0 Å². The average molecular weight is 287 g/mol. The lowest BCUT2D eigenvalue weighted by Gasteiger charge is -2.25.